The van der Waals surface area contributed by atoms with Crippen molar-refractivity contribution in [2.24, 2.45) is 28.1 Å². The lowest BCUT2D eigenvalue weighted by atomic mass is 9.61. The number of aliphatic carboxylic acids is 1. The Kier molecular flexibility index (Phi) is 8.10. The molecule has 0 heterocycles. The van der Waals surface area contributed by atoms with Gasteiger partial charge in [0, 0.05) is 0 Å². The first-order valence-electron chi connectivity index (χ1n) is 10.4. The molecule has 1 aliphatic rings. The first-order valence-corrected chi connectivity index (χ1v) is 10.4. The maximum absolute atomic E-state index is 12.9. The molecule has 6 nitrogen and oxygen atoms in total. The lowest BCUT2D eigenvalue weighted by Crippen LogP contribution is -2.49. The maximum atomic E-state index is 12.9. The highest BCUT2D eigenvalue weighted by Crippen LogP contribution is 2.46. The lowest BCUT2D eigenvalue weighted by Gasteiger charge is -2.44. The molecule has 1 saturated carbocycles. The van der Waals surface area contributed by atoms with Crippen molar-refractivity contribution in [3.63, 3.8) is 0 Å². The molecule has 6 heteroatoms. The summed E-state index contributed by atoms with van der Waals surface area (Å²) in [5.74, 6) is -2.69. The van der Waals surface area contributed by atoms with E-state index in [0.717, 1.165) is 19.3 Å². The van der Waals surface area contributed by atoms with Crippen LogP contribution < -0.4 is 5.32 Å². The Balaban J connectivity index is 2.60. The van der Waals surface area contributed by atoms with Crippen molar-refractivity contribution in [2.45, 2.75) is 80.6 Å². The van der Waals surface area contributed by atoms with E-state index in [1.54, 1.807) is 0 Å². The third-order valence-corrected chi connectivity index (χ3v) is 6.06. The number of ether oxygens (including phenoxy) is 1. The van der Waals surface area contributed by atoms with Crippen molar-refractivity contribution >= 4 is 17.8 Å². The summed E-state index contributed by atoms with van der Waals surface area (Å²) >= 11 is 0. The molecule has 0 radical (unpaired) electrons. The van der Waals surface area contributed by atoms with E-state index in [9.17, 15) is 19.5 Å². The fraction of sp³-hybridized carbons (Fsp3) is 0.864. The minimum Gasteiger partial charge on any atom is -0.481 e. The van der Waals surface area contributed by atoms with Gasteiger partial charge in [0.15, 0.2) is 0 Å². The van der Waals surface area contributed by atoms with Crippen molar-refractivity contribution in [2.75, 3.05) is 13.2 Å². The molecule has 0 spiro atoms. The minimum absolute atomic E-state index is 0.00133. The zero-order valence-corrected chi connectivity index (χ0v) is 18.7. The van der Waals surface area contributed by atoms with Gasteiger partial charge in [-0.05, 0) is 30.1 Å². The maximum Gasteiger partial charge on any atom is 0.309 e. The predicted molar refractivity (Wildman–Crippen MR) is 109 cm³/mol. The van der Waals surface area contributed by atoms with Gasteiger partial charge in [-0.2, -0.15) is 0 Å². The highest BCUT2D eigenvalue weighted by Gasteiger charge is 2.46. The van der Waals surface area contributed by atoms with Gasteiger partial charge in [-0.1, -0.05) is 61.3 Å². The second-order valence-corrected chi connectivity index (χ2v) is 10.6. The van der Waals surface area contributed by atoms with E-state index in [1.165, 1.54) is 0 Å². The molecule has 3 unspecified atom stereocenters. The summed E-state index contributed by atoms with van der Waals surface area (Å²) < 4.78 is 5.29. The van der Waals surface area contributed by atoms with Gasteiger partial charge in [0.1, 0.15) is 6.61 Å². The zero-order valence-electron chi connectivity index (χ0n) is 18.7. The van der Waals surface area contributed by atoms with E-state index in [0.29, 0.717) is 12.8 Å². The molecule has 0 aromatic carbocycles. The molecule has 3 atom stereocenters. The number of amides is 1. The molecule has 0 aromatic rings. The molecule has 0 bridgehead atoms. The van der Waals surface area contributed by atoms with E-state index in [-0.39, 0.29) is 29.9 Å². The molecular formula is C22H39NO5. The van der Waals surface area contributed by atoms with Gasteiger partial charge in [-0.15, -0.1) is 0 Å². The Morgan fingerprint density at radius 3 is 1.96 bits per heavy atom. The number of carboxylic acids is 1. The van der Waals surface area contributed by atoms with Crippen molar-refractivity contribution in [3.8, 4) is 0 Å². The summed E-state index contributed by atoms with van der Waals surface area (Å²) in [6, 6.07) is 0. The van der Waals surface area contributed by atoms with E-state index in [2.05, 4.69) is 46.9 Å². The smallest absolute Gasteiger partial charge is 0.309 e. The Morgan fingerprint density at radius 2 is 1.50 bits per heavy atom. The van der Waals surface area contributed by atoms with Crippen molar-refractivity contribution in [1.29, 1.82) is 0 Å². The van der Waals surface area contributed by atoms with Gasteiger partial charge < -0.3 is 15.2 Å². The number of carbonyl (C=O) groups is 3. The Hall–Kier alpha value is -1.59. The highest BCUT2D eigenvalue weighted by atomic mass is 16.5. The van der Waals surface area contributed by atoms with Crippen LogP contribution >= 0.6 is 0 Å². The predicted octanol–water partition coefficient (Wildman–Crippen LogP) is 4.03. The van der Waals surface area contributed by atoms with E-state index < -0.39 is 29.2 Å². The highest BCUT2D eigenvalue weighted by molar-refractivity contribution is 5.83. The first kappa shape index (κ1) is 24.4. The SMILES string of the molecule is CC(C)(C)CC(C)(C(=O)NCCOC(=O)C1CCCCC1C(=O)O)C(C)(C)C. The van der Waals surface area contributed by atoms with Crippen LogP contribution in [-0.2, 0) is 19.1 Å². The number of rotatable bonds is 7. The Labute approximate surface area is 169 Å². The van der Waals surface area contributed by atoms with Crippen LogP contribution in [0.1, 0.15) is 80.6 Å². The fourth-order valence-corrected chi connectivity index (χ4v) is 4.07. The molecule has 1 amide bonds. The molecule has 0 aromatic heterocycles. The van der Waals surface area contributed by atoms with Gasteiger partial charge in [0.25, 0.3) is 0 Å². The van der Waals surface area contributed by atoms with Crippen LogP contribution in [-0.4, -0.2) is 36.1 Å². The van der Waals surface area contributed by atoms with Gasteiger partial charge in [-0.3, -0.25) is 14.4 Å². The third-order valence-electron chi connectivity index (χ3n) is 6.06. The molecule has 1 rings (SSSR count). The average Bonchev–Trinajstić information content (AvgIpc) is 2.55. The molecule has 1 aliphatic carbocycles. The van der Waals surface area contributed by atoms with Crippen molar-refractivity contribution in [3.05, 3.63) is 0 Å². The number of hydrogen-bond donors (Lipinski definition) is 2. The Bertz CT molecular complexity index is 572. The van der Waals surface area contributed by atoms with Crippen LogP contribution in [0.4, 0.5) is 0 Å². The molecule has 2 N–H and O–H groups in total. The number of esters is 1. The monoisotopic (exact) mass is 397 g/mol. The van der Waals surface area contributed by atoms with Gasteiger partial charge >= 0.3 is 11.9 Å². The average molecular weight is 398 g/mol. The molecule has 28 heavy (non-hydrogen) atoms. The molecular weight excluding hydrogens is 358 g/mol. The second kappa shape index (κ2) is 9.27. The van der Waals surface area contributed by atoms with E-state index in [1.807, 2.05) is 6.92 Å². The van der Waals surface area contributed by atoms with E-state index >= 15 is 0 Å². The standard InChI is InChI=1S/C22H39NO5/c1-20(2,3)14-22(7,21(4,5)6)19(27)23-12-13-28-18(26)16-11-9-8-10-15(16)17(24)25/h15-16H,8-14H2,1-7H3,(H,23,27)(H,24,25). The van der Waals surface area contributed by atoms with Gasteiger partial charge in [0.2, 0.25) is 5.91 Å². The normalized spacial score (nSPS) is 22.8. The zero-order chi connectivity index (χ0) is 21.8. The van der Waals surface area contributed by atoms with E-state index in [4.69, 9.17) is 4.74 Å². The number of nitrogens with one attached hydrogen (secondary N) is 1. The quantitative estimate of drug-likeness (QED) is 0.500. The summed E-state index contributed by atoms with van der Waals surface area (Å²) in [7, 11) is 0. The van der Waals surface area contributed by atoms with Crippen molar-refractivity contribution < 1.29 is 24.2 Å². The number of hydrogen-bond acceptors (Lipinski definition) is 4. The van der Waals surface area contributed by atoms with Crippen LogP contribution in [0.15, 0.2) is 0 Å². The fourth-order valence-electron chi connectivity index (χ4n) is 4.07. The van der Waals surface area contributed by atoms with Gasteiger partial charge in [0.05, 0.1) is 23.8 Å². The van der Waals surface area contributed by atoms with Crippen LogP contribution in [0, 0.1) is 28.1 Å². The first-order chi connectivity index (χ1) is 12.7. The summed E-state index contributed by atoms with van der Waals surface area (Å²) in [5, 5.41) is 12.2. The Morgan fingerprint density at radius 1 is 0.964 bits per heavy atom. The van der Waals surface area contributed by atoms with Gasteiger partial charge in [-0.25, -0.2) is 0 Å². The lowest BCUT2D eigenvalue weighted by molar-refractivity contribution is -0.159. The molecule has 1 fully saturated rings. The molecule has 0 aliphatic heterocycles. The van der Waals surface area contributed by atoms with Crippen LogP contribution in [0.2, 0.25) is 0 Å². The van der Waals surface area contributed by atoms with Crippen LogP contribution in [0.3, 0.4) is 0 Å². The largest absolute Gasteiger partial charge is 0.481 e. The third kappa shape index (κ3) is 6.49. The number of carboxylic acid groups (broad SMARTS) is 1. The summed E-state index contributed by atoms with van der Waals surface area (Å²) in [6.07, 6.45) is 3.48. The summed E-state index contributed by atoms with van der Waals surface area (Å²) in [5.41, 5.74) is -0.788. The molecule has 0 saturated heterocycles. The number of carbonyl (C=O) groups excluding carboxylic acids is 2. The second-order valence-electron chi connectivity index (χ2n) is 10.6. The summed E-state index contributed by atoms with van der Waals surface area (Å²) in [4.78, 5) is 36.6. The minimum atomic E-state index is -0.932. The topological polar surface area (TPSA) is 92.7 Å². The van der Waals surface area contributed by atoms with Crippen LogP contribution in [0.25, 0.3) is 0 Å². The van der Waals surface area contributed by atoms with Crippen molar-refractivity contribution in [1.82, 2.24) is 5.32 Å². The van der Waals surface area contributed by atoms with Crippen LogP contribution in [0.5, 0.6) is 0 Å². The summed E-state index contributed by atoms with van der Waals surface area (Å²) in [6.45, 7) is 14.8. The molecule has 162 valence electrons.